The third kappa shape index (κ3) is 3.28. The van der Waals surface area contributed by atoms with Gasteiger partial charge in [0.15, 0.2) is 0 Å². The van der Waals surface area contributed by atoms with Crippen molar-refractivity contribution < 1.29 is 9.47 Å². The molecule has 4 aliphatic rings. The molecule has 3 aromatic rings. The van der Waals surface area contributed by atoms with Gasteiger partial charge in [0.05, 0.1) is 17.3 Å². The Morgan fingerprint density at radius 3 is 2.85 bits per heavy atom. The van der Waals surface area contributed by atoms with Crippen LogP contribution in [0.4, 0.5) is 0 Å². The van der Waals surface area contributed by atoms with Crippen LogP contribution in [-0.4, -0.2) is 51.9 Å². The van der Waals surface area contributed by atoms with Crippen molar-refractivity contribution in [3.63, 3.8) is 0 Å². The van der Waals surface area contributed by atoms with E-state index in [0.29, 0.717) is 23.8 Å². The van der Waals surface area contributed by atoms with Gasteiger partial charge in [-0.05, 0) is 88.2 Å². The van der Waals surface area contributed by atoms with Crippen LogP contribution in [0, 0.1) is 5.92 Å². The molecular weight excluding hydrogens is 446 g/mol. The van der Waals surface area contributed by atoms with Crippen molar-refractivity contribution in [2.75, 3.05) is 13.7 Å². The fraction of sp³-hybridized carbons (Fsp3) is 0.556. The van der Waals surface area contributed by atoms with Gasteiger partial charge >= 0.3 is 0 Å². The number of likely N-dealkylation sites (N-methyl/N-ethyl adjacent to an activating group) is 1. The van der Waals surface area contributed by atoms with Crippen LogP contribution in [0.1, 0.15) is 49.8 Å². The lowest BCUT2D eigenvalue weighted by Crippen LogP contribution is -2.46. The number of benzene rings is 1. The highest BCUT2D eigenvalue weighted by Crippen LogP contribution is 2.63. The van der Waals surface area contributed by atoms with E-state index in [1.165, 1.54) is 17.7 Å². The summed E-state index contributed by atoms with van der Waals surface area (Å²) in [5.41, 5.74) is 2.15. The smallest absolute Gasteiger partial charge is 0.275 e. The van der Waals surface area contributed by atoms with Crippen molar-refractivity contribution >= 4 is 21.6 Å². The summed E-state index contributed by atoms with van der Waals surface area (Å²) in [4.78, 5) is 21.6. The first-order chi connectivity index (χ1) is 16.6. The highest BCUT2D eigenvalue weighted by molar-refractivity contribution is 7.18. The Hall–Kier alpha value is -2.22. The first-order valence-corrected chi connectivity index (χ1v) is 13.6. The number of aryl methyl sites for hydroxylation is 1. The van der Waals surface area contributed by atoms with E-state index >= 15 is 0 Å². The Balaban J connectivity index is 1.05. The van der Waals surface area contributed by atoms with Gasteiger partial charge in [0.1, 0.15) is 22.9 Å². The summed E-state index contributed by atoms with van der Waals surface area (Å²) in [5, 5.41) is 0. The van der Waals surface area contributed by atoms with Crippen LogP contribution in [-0.2, 0) is 11.2 Å². The van der Waals surface area contributed by atoms with E-state index in [4.69, 9.17) is 9.47 Å². The molecule has 7 heteroatoms. The Bertz CT molecular complexity index is 1270. The third-order valence-electron chi connectivity index (χ3n) is 8.91. The van der Waals surface area contributed by atoms with Crippen LogP contribution in [0.25, 0.3) is 15.9 Å². The van der Waals surface area contributed by atoms with E-state index in [2.05, 4.69) is 23.0 Å². The van der Waals surface area contributed by atoms with Crippen molar-refractivity contribution in [3.05, 3.63) is 51.9 Å². The zero-order chi connectivity index (χ0) is 22.9. The molecule has 2 saturated carbocycles. The van der Waals surface area contributed by atoms with E-state index in [0.717, 1.165) is 72.7 Å². The molecule has 2 aliphatic heterocycles. The molecular formula is C27H31N3O3S. The Morgan fingerprint density at radius 2 is 2.12 bits per heavy atom. The van der Waals surface area contributed by atoms with E-state index < -0.39 is 0 Å². The summed E-state index contributed by atoms with van der Waals surface area (Å²) in [5.74, 6) is 1.69. The summed E-state index contributed by atoms with van der Waals surface area (Å²) >= 11 is 1.57. The van der Waals surface area contributed by atoms with Crippen LogP contribution < -0.4 is 10.3 Å². The van der Waals surface area contributed by atoms with Gasteiger partial charge in [0.2, 0.25) is 0 Å². The van der Waals surface area contributed by atoms with Gasteiger partial charge in [-0.2, -0.15) is 0 Å². The van der Waals surface area contributed by atoms with E-state index in [1.54, 1.807) is 22.2 Å². The van der Waals surface area contributed by atoms with Gasteiger partial charge in [-0.3, -0.25) is 14.3 Å². The molecule has 2 aromatic heterocycles. The zero-order valence-electron chi connectivity index (χ0n) is 19.6. The number of aromatic nitrogens is 2. The van der Waals surface area contributed by atoms with Gasteiger partial charge < -0.3 is 9.47 Å². The number of likely N-dealkylation sites (tertiary alicyclic amines) is 1. The third-order valence-corrected chi connectivity index (χ3v) is 10.1. The second-order valence-corrected chi connectivity index (χ2v) is 11.7. The predicted octanol–water partition coefficient (Wildman–Crippen LogP) is 4.56. The number of thiophene rings is 1. The van der Waals surface area contributed by atoms with Crippen LogP contribution in [0.3, 0.4) is 0 Å². The molecule has 1 spiro atoms. The van der Waals surface area contributed by atoms with Crippen molar-refractivity contribution in [2.45, 2.75) is 75.2 Å². The summed E-state index contributed by atoms with van der Waals surface area (Å²) in [6, 6.07) is 10.7. The molecule has 0 N–H and O–H groups in total. The van der Waals surface area contributed by atoms with Crippen LogP contribution >= 0.6 is 11.3 Å². The maximum atomic E-state index is 13.2. The lowest BCUT2D eigenvalue weighted by Gasteiger charge is -2.43. The average molecular weight is 478 g/mol. The first kappa shape index (κ1) is 21.1. The maximum absolute atomic E-state index is 13.2. The minimum atomic E-state index is -0.00240. The Labute approximate surface area is 203 Å². The molecule has 4 heterocycles. The van der Waals surface area contributed by atoms with Crippen molar-refractivity contribution in [2.24, 2.45) is 5.92 Å². The molecule has 7 rings (SSSR count). The van der Waals surface area contributed by atoms with Crippen LogP contribution in [0.5, 0.6) is 5.75 Å². The molecule has 0 amide bonds. The standard InChI is InChI=1S/C27H31N3O3S/c1-29-24-14-21(13-17-10-11-27(17,24)29)33-20-6-4-18(5-7-20)30-16-28-23-15-22(34-25(23)26(30)31)9-8-19-3-2-12-32-19/h4-7,15-17,19,21,24H,2-3,8-14H2,1H3/t17-,19?,21+,24-,27?,29?/m1/s1. The van der Waals surface area contributed by atoms with Gasteiger partial charge in [-0.1, -0.05) is 0 Å². The predicted molar refractivity (Wildman–Crippen MR) is 133 cm³/mol. The first-order valence-electron chi connectivity index (χ1n) is 12.7. The molecule has 0 bridgehead atoms. The number of nitrogens with zero attached hydrogens (tertiary/aromatic N) is 3. The van der Waals surface area contributed by atoms with E-state index in [9.17, 15) is 4.79 Å². The fourth-order valence-electron chi connectivity index (χ4n) is 6.88. The largest absolute Gasteiger partial charge is 0.490 e. The molecule has 6 nitrogen and oxygen atoms in total. The number of fused-ring (bicyclic) bond motifs is 1. The second kappa shape index (κ2) is 7.90. The second-order valence-electron chi connectivity index (χ2n) is 10.6. The van der Waals surface area contributed by atoms with Crippen molar-refractivity contribution in [1.29, 1.82) is 0 Å². The lowest BCUT2D eigenvalue weighted by molar-refractivity contribution is 0.0654. The number of rotatable bonds is 6. The molecule has 2 saturated heterocycles. The topological polar surface area (TPSA) is 56.4 Å². The lowest BCUT2D eigenvalue weighted by atomic mass is 9.64. The highest BCUT2D eigenvalue weighted by atomic mass is 32.1. The Morgan fingerprint density at radius 1 is 1.24 bits per heavy atom. The summed E-state index contributed by atoms with van der Waals surface area (Å²) < 4.78 is 14.5. The van der Waals surface area contributed by atoms with E-state index in [1.807, 2.05) is 24.3 Å². The van der Waals surface area contributed by atoms with Crippen molar-refractivity contribution in [1.82, 2.24) is 14.5 Å². The molecule has 1 aromatic carbocycles. The molecule has 34 heavy (non-hydrogen) atoms. The SMILES string of the molecule is CN1[C@@H]2C[C@@H](Oc3ccc(-n4cnc5cc(CCC6CCCO6)sc5c4=O)cc3)C[C@H]3CCC321. The Kier molecular flexibility index (Phi) is 4.90. The molecule has 0 radical (unpaired) electrons. The highest BCUT2D eigenvalue weighted by Gasteiger charge is 2.71. The minimum Gasteiger partial charge on any atom is -0.490 e. The fourth-order valence-corrected chi connectivity index (χ4v) is 7.93. The molecule has 4 fully saturated rings. The summed E-state index contributed by atoms with van der Waals surface area (Å²) in [6.45, 7) is 0.882. The van der Waals surface area contributed by atoms with Gasteiger partial charge in [0, 0.05) is 29.5 Å². The monoisotopic (exact) mass is 477 g/mol. The average Bonchev–Trinajstić information content (AvgIpc) is 3.21. The number of hydrogen-bond donors (Lipinski definition) is 0. The van der Waals surface area contributed by atoms with Crippen LogP contribution in [0.2, 0.25) is 0 Å². The van der Waals surface area contributed by atoms with Gasteiger partial charge in [-0.15, -0.1) is 11.3 Å². The molecule has 2 aliphatic carbocycles. The zero-order valence-corrected chi connectivity index (χ0v) is 20.4. The normalized spacial score (nSPS) is 33.9. The molecule has 178 valence electrons. The summed E-state index contributed by atoms with van der Waals surface area (Å²) in [6.07, 6.45) is 11.6. The quantitative estimate of drug-likeness (QED) is 0.487. The number of ether oxygens (including phenoxy) is 2. The molecule has 6 atom stereocenters. The number of hydrogen-bond acceptors (Lipinski definition) is 6. The minimum absolute atomic E-state index is 0.00240. The van der Waals surface area contributed by atoms with Gasteiger partial charge in [-0.25, -0.2) is 4.98 Å². The maximum Gasteiger partial charge on any atom is 0.275 e. The van der Waals surface area contributed by atoms with Gasteiger partial charge in [0.25, 0.3) is 5.56 Å². The van der Waals surface area contributed by atoms with E-state index in [-0.39, 0.29) is 5.56 Å². The van der Waals surface area contributed by atoms with Crippen molar-refractivity contribution in [3.8, 4) is 11.4 Å². The summed E-state index contributed by atoms with van der Waals surface area (Å²) in [7, 11) is 2.27. The molecule has 3 unspecified atom stereocenters. The van der Waals surface area contributed by atoms with Crippen LogP contribution in [0.15, 0.2) is 41.5 Å².